The minimum absolute atomic E-state index is 0.00285. The zero-order valence-electron chi connectivity index (χ0n) is 62.0. The van der Waals surface area contributed by atoms with Crippen molar-refractivity contribution >= 4 is 51.2 Å². The van der Waals surface area contributed by atoms with Gasteiger partial charge in [0.15, 0.2) is 0 Å². The normalized spacial score (nSPS) is 26.8. The minimum atomic E-state index is -1.65. The third-order valence-corrected chi connectivity index (χ3v) is 26.0. The van der Waals surface area contributed by atoms with Crippen LogP contribution in [-0.4, -0.2) is 24.4 Å². The molecule has 19 rings (SSSR count). The number of furan rings is 1. The molecule has 0 fully saturated rings. The van der Waals surface area contributed by atoms with E-state index < -0.39 is 53.1 Å². The minimum Gasteiger partial charge on any atom is -0.460 e. The molecule has 0 bridgehead atoms. The lowest BCUT2D eigenvalue weighted by Gasteiger charge is -2.47. The van der Waals surface area contributed by atoms with Gasteiger partial charge in [0.1, 0.15) is 47.0 Å². The lowest BCUT2D eigenvalue weighted by atomic mass is 9.56. The van der Waals surface area contributed by atoms with Crippen molar-refractivity contribution < 1.29 is 30.8 Å². The second kappa shape index (κ2) is 28.6. The van der Waals surface area contributed by atoms with E-state index in [-0.39, 0.29) is 71.4 Å². The topological polar surface area (TPSA) is 19.6 Å². The van der Waals surface area contributed by atoms with Crippen molar-refractivity contribution in [2.45, 2.75) is 119 Å². The maximum atomic E-state index is 17.6. The molecular weight excluding hydrogens is 1380 g/mol. The Balaban J connectivity index is 0.660. The number of halogens is 6. The third-order valence-electron chi connectivity index (χ3n) is 26.0. The van der Waals surface area contributed by atoms with Crippen molar-refractivity contribution in [2.24, 2.45) is 29.6 Å². The summed E-state index contributed by atoms with van der Waals surface area (Å²) in [6, 6.07) is 48.5. The number of nitrogens with zero attached hydrogens (tertiary/aromatic N) is 2. The molecule has 11 unspecified atom stereocenters. The van der Waals surface area contributed by atoms with Crippen LogP contribution in [0.15, 0.2) is 330 Å². The summed E-state index contributed by atoms with van der Waals surface area (Å²) >= 11 is 0. The molecule has 0 spiro atoms. The van der Waals surface area contributed by atoms with Crippen molar-refractivity contribution in [3.63, 3.8) is 0 Å². The highest BCUT2D eigenvalue weighted by atomic mass is 19.2. The Hall–Kier alpha value is -11.2. The molecule has 11 aliphatic rings. The first-order chi connectivity index (χ1) is 54.3. The van der Waals surface area contributed by atoms with Gasteiger partial charge in [-0.3, -0.25) is 0 Å². The average molecular weight is 1470 g/mol. The van der Waals surface area contributed by atoms with E-state index in [1.807, 2.05) is 46.2 Å². The Kier molecular flexibility index (Phi) is 18.1. The summed E-state index contributed by atoms with van der Waals surface area (Å²) < 4.78 is 105. The van der Waals surface area contributed by atoms with Gasteiger partial charge in [0.25, 0.3) is 0 Å². The molecule has 9 heteroatoms. The predicted molar refractivity (Wildman–Crippen MR) is 442 cm³/mol. The number of rotatable bonds is 16. The monoisotopic (exact) mass is 1470 g/mol. The van der Waals surface area contributed by atoms with Gasteiger partial charge < -0.3 is 14.2 Å². The van der Waals surface area contributed by atoms with E-state index in [0.29, 0.717) is 65.0 Å². The van der Waals surface area contributed by atoms with Gasteiger partial charge in [-0.1, -0.05) is 242 Å². The third kappa shape index (κ3) is 11.9. The van der Waals surface area contributed by atoms with Gasteiger partial charge in [-0.25, -0.2) is 26.3 Å². The summed E-state index contributed by atoms with van der Waals surface area (Å²) in [5.41, 5.74) is 19.5. The molecule has 1 heterocycles. The van der Waals surface area contributed by atoms with Crippen LogP contribution in [-0.2, 0) is 17.3 Å². The van der Waals surface area contributed by atoms with E-state index in [9.17, 15) is 8.78 Å². The molecule has 552 valence electrons. The lowest BCUT2D eigenvalue weighted by Crippen LogP contribution is -2.43. The first-order valence-electron chi connectivity index (χ1n) is 39.8. The Morgan fingerprint density at radius 1 is 0.595 bits per heavy atom. The van der Waals surface area contributed by atoms with Crippen LogP contribution in [0.5, 0.6) is 0 Å². The van der Waals surface area contributed by atoms with Gasteiger partial charge in [-0.05, 0) is 209 Å². The molecule has 11 aliphatic carbocycles. The number of hydrogen-bond donors (Lipinski definition) is 0. The summed E-state index contributed by atoms with van der Waals surface area (Å²) in [4.78, 5) is 3.80. The molecule has 7 aromatic carbocycles. The maximum absolute atomic E-state index is 17.6. The second-order valence-electron chi connectivity index (χ2n) is 31.8. The van der Waals surface area contributed by atoms with E-state index in [0.717, 1.165) is 66.2 Å². The Bertz CT molecular complexity index is 5660. The summed E-state index contributed by atoms with van der Waals surface area (Å²) in [5, 5.41) is 0.807. The van der Waals surface area contributed by atoms with Crippen LogP contribution in [0.1, 0.15) is 133 Å². The Morgan fingerprint density at radius 3 is 2.18 bits per heavy atom. The molecule has 0 radical (unpaired) electrons. The predicted octanol–water partition coefficient (Wildman–Crippen LogP) is 26.2. The summed E-state index contributed by atoms with van der Waals surface area (Å²) in [5.74, 6) is -0.571. The van der Waals surface area contributed by atoms with Crippen molar-refractivity contribution in [3.05, 3.63) is 399 Å². The molecule has 111 heavy (non-hydrogen) atoms. The van der Waals surface area contributed by atoms with Crippen molar-refractivity contribution in [2.75, 3.05) is 9.80 Å². The smallest absolute Gasteiger partial charge is 0.147 e. The van der Waals surface area contributed by atoms with Crippen molar-refractivity contribution in [1.82, 2.24) is 0 Å². The largest absolute Gasteiger partial charge is 0.460 e. The van der Waals surface area contributed by atoms with E-state index in [2.05, 4.69) is 214 Å². The summed E-state index contributed by atoms with van der Waals surface area (Å²) in [6.45, 7) is 8.23. The van der Waals surface area contributed by atoms with E-state index in [1.165, 1.54) is 92.6 Å². The number of fused-ring (bicyclic) bond motifs is 8. The van der Waals surface area contributed by atoms with Crippen LogP contribution >= 0.6 is 0 Å². The molecule has 3 nitrogen and oxygen atoms in total. The highest BCUT2D eigenvalue weighted by molar-refractivity contribution is 5.93. The molecule has 0 amide bonds. The highest BCUT2D eigenvalue weighted by Crippen LogP contribution is 2.64. The van der Waals surface area contributed by atoms with Crippen LogP contribution in [0.2, 0.25) is 0 Å². The van der Waals surface area contributed by atoms with E-state index in [4.69, 9.17) is 4.42 Å². The fourth-order valence-corrected chi connectivity index (χ4v) is 20.8. The van der Waals surface area contributed by atoms with Gasteiger partial charge in [0.05, 0.1) is 28.9 Å². The van der Waals surface area contributed by atoms with Crippen LogP contribution in [0.25, 0.3) is 51.0 Å². The summed E-state index contributed by atoms with van der Waals surface area (Å²) in [7, 11) is 0. The van der Waals surface area contributed by atoms with E-state index in [1.54, 1.807) is 11.6 Å². The van der Waals surface area contributed by atoms with Crippen molar-refractivity contribution in [1.29, 1.82) is 0 Å². The SMILES string of the molecule is C=Cc1ccc(C2(C3=CC=CCC3)c3ccccc3-c3ccc(C4=CCC(N(C5=CC(F)=C(c6ccc(F)cc6)CC5F)c5ccc6c7c(oc6c5)CC(N(C5=CCC(C6=CC8C(C=C6)C6=C(CCC=C6)C8(c6ccccc6)C6C=CC(C=C)CC6)C=C5)c5cc(F)c(C6=CCC(F)CC6)cc5F)C=C7)C=C4)cc32)cc1. The van der Waals surface area contributed by atoms with Gasteiger partial charge in [-0.15, -0.1) is 6.58 Å². The highest BCUT2D eigenvalue weighted by Gasteiger charge is 2.57. The summed E-state index contributed by atoms with van der Waals surface area (Å²) in [6.07, 6.45) is 52.7. The Morgan fingerprint density at radius 2 is 1.41 bits per heavy atom. The Labute approximate surface area is 646 Å². The second-order valence-corrected chi connectivity index (χ2v) is 31.8. The average Bonchev–Trinajstić information content (AvgIpc) is 1.55. The first-order valence-corrected chi connectivity index (χ1v) is 39.8. The quantitative estimate of drug-likeness (QED) is 0.0710. The number of benzene rings is 7. The van der Waals surface area contributed by atoms with E-state index >= 15 is 17.6 Å². The molecule has 0 saturated heterocycles. The standard InChI is InChI=1S/C102H86F6N2O/c1-3-63-23-37-73(38-24-63)101(71-15-7-5-8-16-71)89-21-13-11-19-81(89)83-51-35-69(55-91(83)101)65-31-45-77(46-32-65)109(97-61-93(105)87(59-95(97)107)67-27-41-75(103)42-28-67)79-49-53-85-86-54-50-80(58-100(86)111-99(85)57-79)110(98-62-94(106)88(60-96(98)108)68-29-43-76(104)44-30-68)78-47-33-66(34-48-78)70-36-52-84-82-20-12-14-22-90(82)102(92(84)56-70,72-17-9-6-10-18-72)74-39-25-64(4-2)26-40-74/h3-9,11-12,14-17,19-20,22-23,25-27,29-31,33-37,39-40,43-47,49-56,58-59,61-63,65,73,75,78-79,83,91,96H,1-2,10,13,18,21,24,28,32,38,41-42,48,57,60H2. The van der Waals surface area contributed by atoms with Crippen molar-refractivity contribution in [3.8, 4) is 11.1 Å². The fraction of sp³-hybridized carbons (Fsp3) is 0.235. The molecule has 1 aromatic heterocycles. The fourth-order valence-electron chi connectivity index (χ4n) is 20.8. The van der Waals surface area contributed by atoms with Crippen LogP contribution in [0, 0.1) is 47.0 Å². The van der Waals surface area contributed by atoms with Gasteiger partial charge >= 0.3 is 0 Å². The zero-order chi connectivity index (χ0) is 75.2. The van der Waals surface area contributed by atoms with Crippen LogP contribution in [0.3, 0.4) is 0 Å². The maximum Gasteiger partial charge on any atom is 0.147 e. The number of anilines is 2. The molecular formula is C102H86F6N2O. The molecule has 0 aliphatic heterocycles. The van der Waals surface area contributed by atoms with Gasteiger partial charge in [0.2, 0.25) is 0 Å². The van der Waals surface area contributed by atoms with Gasteiger partial charge in [0, 0.05) is 76.0 Å². The van der Waals surface area contributed by atoms with Gasteiger partial charge in [-0.2, -0.15) is 0 Å². The molecule has 11 atom stereocenters. The van der Waals surface area contributed by atoms with Crippen LogP contribution in [0.4, 0.5) is 37.7 Å². The zero-order valence-corrected chi connectivity index (χ0v) is 62.0. The molecule has 8 aromatic rings. The molecule has 0 saturated carbocycles. The number of hydrogen-bond acceptors (Lipinski definition) is 3. The molecule has 0 N–H and O–H groups in total. The number of allylic oxidation sites excluding steroid dienone is 26. The first kappa shape index (κ1) is 70.2. The van der Waals surface area contributed by atoms with Crippen LogP contribution < -0.4 is 9.80 Å². The lowest BCUT2D eigenvalue weighted by molar-refractivity contribution is 0.249. The number of alkyl halides is 2.